The molecule has 0 fully saturated rings. The fourth-order valence-corrected chi connectivity index (χ4v) is 3.15. The Balaban J connectivity index is 5.01. The van der Waals surface area contributed by atoms with Gasteiger partial charge in [0.1, 0.15) is 4.49 Å². The lowest BCUT2D eigenvalue weighted by Crippen LogP contribution is -2.37. The zero-order valence-electron chi connectivity index (χ0n) is 5.02. The number of hydrogen-bond donors (Lipinski definition) is 0. The summed E-state index contributed by atoms with van der Waals surface area (Å²) in [6, 6.07) is -3.42. The molecular weight excluding hydrogens is 348 g/mol. The van der Waals surface area contributed by atoms with Crippen molar-refractivity contribution in [2.45, 2.75) is 3.96 Å². The molecule has 0 unspecified atom stereocenters. The van der Waals surface area contributed by atoms with Gasteiger partial charge >= 0.3 is 6.00 Å². The van der Waals surface area contributed by atoms with Crippen LogP contribution in [0.4, 0.5) is 0 Å². The molecule has 0 N–H and O–H groups in total. The van der Waals surface area contributed by atoms with Crippen LogP contribution in [0, 0.1) is 0 Å². The molecule has 0 aliphatic carbocycles. The van der Waals surface area contributed by atoms with E-state index in [0.29, 0.717) is 0 Å². The molecule has 0 amide bonds. The molecule has 0 aromatic heterocycles. The van der Waals surface area contributed by atoms with Crippen LogP contribution < -0.4 is 0 Å². The third-order valence-corrected chi connectivity index (χ3v) is 9.53. The highest BCUT2D eigenvalue weighted by atomic mass is 35.8. The first-order valence-corrected chi connectivity index (χ1v) is 9.19. The van der Waals surface area contributed by atoms with Gasteiger partial charge in [-0.25, -0.2) is 0 Å². The second-order valence-electron chi connectivity index (χ2n) is 1.65. The molecule has 0 heterocycles. The van der Waals surface area contributed by atoms with Gasteiger partial charge in [0.2, 0.25) is 0 Å². The van der Waals surface area contributed by atoms with Gasteiger partial charge in [0, 0.05) is 0 Å². The van der Waals surface area contributed by atoms with Gasteiger partial charge in [0.05, 0.1) is 5.03 Å². The summed E-state index contributed by atoms with van der Waals surface area (Å²) in [7, 11) is 0. The summed E-state index contributed by atoms with van der Waals surface area (Å²) in [5.41, 5.74) is 0. The second-order valence-corrected chi connectivity index (χ2v) is 13.5. The normalized spacial score (nSPS) is 13.0. The maximum atomic E-state index is 5.63. The van der Waals surface area contributed by atoms with E-state index in [0.717, 1.165) is 0 Å². The molecule has 0 aliphatic rings. The number of allylic oxidation sites excluding steroid dienone is 1. The van der Waals surface area contributed by atoms with Gasteiger partial charge in [-0.05, 0) is 0 Å². The van der Waals surface area contributed by atoms with E-state index in [2.05, 4.69) is 0 Å². The molecule has 0 nitrogen and oxygen atoms in total. The summed E-state index contributed by atoms with van der Waals surface area (Å²) in [4.78, 5) is 0. The minimum atomic E-state index is -3.42. The van der Waals surface area contributed by atoms with E-state index in [1.54, 1.807) is 0 Å². The van der Waals surface area contributed by atoms with Gasteiger partial charge in [-0.1, -0.05) is 58.0 Å². The van der Waals surface area contributed by atoms with E-state index >= 15 is 0 Å². The number of alkyl halides is 2. The Bertz CT molecular complexity index is 197. The minimum Gasteiger partial charge on any atom is -0.123 e. The Morgan fingerprint density at radius 3 is 1.33 bits per heavy atom. The predicted octanol–water partition coefficient (Wildman–Crippen LogP) is 5.24. The molecular formula is C3Cl8Si. The number of halogens is 8. The highest BCUT2D eigenvalue weighted by Crippen LogP contribution is 2.49. The molecule has 12 heavy (non-hydrogen) atoms. The van der Waals surface area contributed by atoms with E-state index in [9.17, 15) is 0 Å². The van der Waals surface area contributed by atoms with E-state index in [1.165, 1.54) is 0 Å². The molecule has 0 radical (unpaired) electrons. The van der Waals surface area contributed by atoms with Crippen LogP contribution in [0.15, 0.2) is 9.52 Å². The molecule has 0 aromatic rings. The molecule has 0 aliphatic heterocycles. The van der Waals surface area contributed by atoms with Crippen LogP contribution in [0.5, 0.6) is 0 Å². The van der Waals surface area contributed by atoms with Gasteiger partial charge in [0.15, 0.2) is 3.96 Å². The van der Waals surface area contributed by atoms with Gasteiger partial charge in [-0.3, -0.25) is 0 Å². The predicted molar refractivity (Wildman–Crippen MR) is 62.3 cm³/mol. The van der Waals surface area contributed by atoms with Crippen molar-refractivity contribution in [1.82, 2.24) is 0 Å². The van der Waals surface area contributed by atoms with Gasteiger partial charge in [-0.2, -0.15) is 0 Å². The number of hydrogen-bond acceptors (Lipinski definition) is 0. The molecule has 0 atom stereocenters. The molecule has 0 spiro atoms. The van der Waals surface area contributed by atoms with Crippen molar-refractivity contribution in [2.24, 2.45) is 0 Å². The molecule has 0 aromatic carbocycles. The van der Waals surface area contributed by atoms with Gasteiger partial charge < -0.3 is 0 Å². The maximum Gasteiger partial charge on any atom is 0.382 e. The summed E-state index contributed by atoms with van der Waals surface area (Å²) in [5, 5.41) is -0.277. The average Bonchev–Trinajstić information content (AvgIpc) is 1.83. The van der Waals surface area contributed by atoms with Crippen LogP contribution in [0.3, 0.4) is 0 Å². The van der Waals surface area contributed by atoms with Crippen LogP contribution in [-0.2, 0) is 0 Å². The Kier molecular flexibility index (Phi) is 5.79. The second kappa shape index (κ2) is 4.87. The summed E-state index contributed by atoms with van der Waals surface area (Å²) in [5.74, 6) is 0. The van der Waals surface area contributed by atoms with Crippen molar-refractivity contribution in [3.63, 3.8) is 0 Å². The van der Waals surface area contributed by atoms with Crippen LogP contribution in [0.25, 0.3) is 0 Å². The first-order chi connectivity index (χ1) is 5.10. The monoisotopic (exact) mass is 344 g/mol. The number of rotatable bonds is 2. The maximum absolute atomic E-state index is 5.63. The highest BCUT2D eigenvalue weighted by Gasteiger charge is 2.53. The molecule has 72 valence electrons. The Morgan fingerprint density at radius 2 is 1.25 bits per heavy atom. The topological polar surface area (TPSA) is 0 Å². The fourth-order valence-electron chi connectivity index (χ4n) is 0.243. The molecule has 0 saturated heterocycles. The fraction of sp³-hybridized carbons (Fsp3) is 0.333. The SMILES string of the molecule is ClC(Cl)=C(Cl)C(Cl)(Cl)[Si](Cl)(Cl)Cl. The largest absolute Gasteiger partial charge is 0.382 e. The van der Waals surface area contributed by atoms with Crippen LogP contribution in [-0.4, -0.2) is 9.96 Å². The minimum absolute atomic E-state index is 0.277. The van der Waals surface area contributed by atoms with E-state index in [-0.39, 0.29) is 9.52 Å². The Labute approximate surface area is 110 Å². The van der Waals surface area contributed by atoms with Crippen LogP contribution >= 0.6 is 91.2 Å². The zero-order chi connectivity index (χ0) is 10.2. The lowest BCUT2D eigenvalue weighted by Gasteiger charge is -2.24. The third kappa shape index (κ3) is 3.45. The van der Waals surface area contributed by atoms with Crippen molar-refractivity contribution in [3.8, 4) is 0 Å². The first-order valence-electron chi connectivity index (χ1n) is 2.26. The molecule has 0 saturated carbocycles. The standard InChI is InChI=1S/C3Cl8Si/c4-1(2(5)6)3(7,8)12(9,10)11. The average molecular weight is 348 g/mol. The Morgan fingerprint density at radius 1 is 0.917 bits per heavy atom. The molecule has 9 heteroatoms. The lowest BCUT2D eigenvalue weighted by atomic mass is 10.7. The van der Waals surface area contributed by atoms with E-state index in [4.69, 9.17) is 91.2 Å². The quantitative estimate of drug-likeness (QED) is 0.364. The van der Waals surface area contributed by atoms with Crippen molar-refractivity contribution < 1.29 is 0 Å². The molecule has 0 rings (SSSR count). The van der Waals surface area contributed by atoms with Crippen LogP contribution in [0.1, 0.15) is 0 Å². The summed E-state index contributed by atoms with van der Waals surface area (Å²) >= 11 is 44.0. The third-order valence-electron chi connectivity index (χ3n) is 0.798. The van der Waals surface area contributed by atoms with E-state index < -0.39 is 9.96 Å². The first kappa shape index (κ1) is 14.3. The summed E-state index contributed by atoms with van der Waals surface area (Å²) < 4.78 is -2.14. The summed E-state index contributed by atoms with van der Waals surface area (Å²) in [6.45, 7) is 0. The van der Waals surface area contributed by atoms with Crippen molar-refractivity contribution in [3.05, 3.63) is 9.52 Å². The van der Waals surface area contributed by atoms with Crippen LogP contribution in [0.2, 0.25) is 0 Å². The lowest BCUT2D eigenvalue weighted by molar-refractivity contribution is 1.39. The van der Waals surface area contributed by atoms with Crippen molar-refractivity contribution >= 4 is 97.2 Å². The zero-order valence-corrected chi connectivity index (χ0v) is 12.1. The summed E-state index contributed by atoms with van der Waals surface area (Å²) in [6.07, 6.45) is 0. The van der Waals surface area contributed by atoms with Gasteiger partial charge in [0.25, 0.3) is 0 Å². The van der Waals surface area contributed by atoms with E-state index in [1.807, 2.05) is 0 Å². The smallest absolute Gasteiger partial charge is 0.123 e. The van der Waals surface area contributed by atoms with Crippen molar-refractivity contribution in [2.75, 3.05) is 0 Å². The van der Waals surface area contributed by atoms with Gasteiger partial charge in [-0.15, -0.1) is 33.2 Å². The molecule has 0 bridgehead atoms. The van der Waals surface area contributed by atoms with Crippen molar-refractivity contribution in [1.29, 1.82) is 0 Å². The highest BCUT2D eigenvalue weighted by molar-refractivity contribution is 7.68. The Hall–Kier alpha value is 2.28.